The first kappa shape index (κ1) is 40.6. The van der Waals surface area contributed by atoms with Crippen LogP contribution in [0.25, 0.3) is 28.0 Å². The number of methoxy groups -OCH3 is 1. The van der Waals surface area contributed by atoms with Crippen LogP contribution in [0.5, 0.6) is 0 Å². The van der Waals surface area contributed by atoms with Gasteiger partial charge in [-0.25, -0.2) is 9.78 Å². The molecule has 4 aromatic rings. The number of rotatable bonds is 14. The Kier molecular flexibility index (Phi) is 12.5. The molecule has 3 amide bonds. The van der Waals surface area contributed by atoms with Crippen molar-refractivity contribution in [3.8, 4) is 22.4 Å². The molecule has 0 saturated carbocycles. The van der Waals surface area contributed by atoms with Crippen LogP contribution in [0.2, 0.25) is 0 Å². The number of carbonyl (C=O) groups excluding carboxylic acids is 3. The second kappa shape index (κ2) is 18.4. The van der Waals surface area contributed by atoms with E-state index in [0.29, 0.717) is 19.4 Å². The van der Waals surface area contributed by atoms with Crippen LogP contribution in [-0.4, -0.2) is 99.9 Å². The van der Waals surface area contributed by atoms with Crippen LogP contribution in [0.3, 0.4) is 0 Å². The van der Waals surface area contributed by atoms with Gasteiger partial charge in [-0.05, 0) is 84.2 Å². The number of hydrogen-bond donors (Lipinski definition) is 2. The molecule has 0 aliphatic carbocycles. The van der Waals surface area contributed by atoms with Crippen molar-refractivity contribution in [3.05, 3.63) is 120 Å². The topological polar surface area (TPSA) is 136 Å². The number of benzene rings is 3. The molecule has 0 spiro atoms. The van der Waals surface area contributed by atoms with Crippen LogP contribution in [0.1, 0.15) is 87.8 Å². The number of hydrogen-bond acceptors (Lipinski definition) is 8. The molecule has 60 heavy (non-hydrogen) atoms. The van der Waals surface area contributed by atoms with E-state index in [-0.39, 0.29) is 29.9 Å². The van der Waals surface area contributed by atoms with Crippen molar-refractivity contribution in [2.75, 3.05) is 33.3 Å². The molecule has 4 aliphatic rings. The highest BCUT2D eigenvalue weighted by Crippen LogP contribution is 2.36. The van der Waals surface area contributed by atoms with E-state index in [1.807, 2.05) is 35.5 Å². The maximum atomic E-state index is 14.3. The first-order chi connectivity index (χ1) is 29.3. The molecule has 310 valence electrons. The second-order valence-electron chi connectivity index (χ2n) is 15.9. The number of nitrogens with zero attached hydrogens (tertiary/aromatic N) is 6. The summed E-state index contributed by atoms with van der Waals surface area (Å²) in [6, 6.07) is 26.0. The minimum Gasteiger partial charge on any atom is -0.453 e. The van der Waals surface area contributed by atoms with E-state index in [9.17, 15) is 14.4 Å². The summed E-state index contributed by atoms with van der Waals surface area (Å²) in [5, 5.41) is 2.74. The first-order valence-electron chi connectivity index (χ1n) is 21.3. The zero-order valence-electron chi connectivity index (χ0n) is 34.7. The molecule has 2 N–H and O–H groups in total. The molecule has 4 aliphatic heterocycles. The SMILES string of the molecule is CCN(CC)[C@@H](C(=O)N1CCC[C@H]1C1=NC=C(c2ccc(-c3ccc(-c4cnc([C@@H]5CCCN5C(=O)[C@H](CC5=CN=CC5)NC(=O)OC)[nH]4)cc3)cc2)C1)c1ccccc1. The molecule has 3 aromatic carbocycles. The van der Waals surface area contributed by atoms with Gasteiger partial charge >= 0.3 is 6.09 Å². The number of imidazole rings is 1. The molecule has 5 heterocycles. The first-order valence-corrected chi connectivity index (χ1v) is 21.3. The van der Waals surface area contributed by atoms with Crippen LogP contribution in [-0.2, 0) is 14.3 Å². The van der Waals surface area contributed by atoms with Crippen LogP contribution >= 0.6 is 0 Å². The molecule has 0 unspecified atom stereocenters. The molecule has 8 rings (SSSR count). The lowest BCUT2D eigenvalue weighted by molar-refractivity contribution is -0.137. The summed E-state index contributed by atoms with van der Waals surface area (Å²) in [4.78, 5) is 63.7. The average molecular weight is 807 g/mol. The fourth-order valence-electron chi connectivity index (χ4n) is 9.16. The van der Waals surface area contributed by atoms with Gasteiger partial charge in [0.2, 0.25) is 11.8 Å². The third kappa shape index (κ3) is 8.60. The largest absolute Gasteiger partial charge is 0.453 e. The smallest absolute Gasteiger partial charge is 0.407 e. The number of likely N-dealkylation sites (N-methyl/N-ethyl adjacent to an activating group) is 1. The van der Waals surface area contributed by atoms with Crippen molar-refractivity contribution in [1.29, 1.82) is 0 Å². The quantitative estimate of drug-likeness (QED) is 0.132. The van der Waals surface area contributed by atoms with Crippen molar-refractivity contribution >= 4 is 35.4 Å². The van der Waals surface area contributed by atoms with Gasteiger partial charge in [0.25, 0.3) is 0 Å². The summed E-state index contributed by atoms with van der Waals surface area (Å²) in [5.41, 5.74) is 9.49. The van der Waals surface area contributed by atoms with E-state index in [1.54, 1.807) is 12.4 Å². The molecule has 12 nitrogen and oxygen atoms in total. The molecule has 2 saturated heterocycles. The molecule has 2 fully saturated rings. The molecular weight excluding hydrogens is 753 g/mol. The Bertz CT molecular complexity index is 2290. The van der Waals surface area contributed by atoms with Gasteiger partial charge in [-0.1, -0.05) is 92.7 Å². The number of allylic oxidation sites excluding steroid dienone is 1. The van der Waals surface area contributed by atoms with Crippen molar-refractivity contribution in [2.45, 2.75) is 83.0 Å². The highest BCUT2D eigenvalue weighted by atomic mass is 16.5. The highest BCUT2D eigenvalue weighted by molar-refractivity contribution is 6.03. The number of nitrogens with one attached hydrogen (secondary N) is 2. The Morgan fingerprint density at radius 3 is 2.13 bits per heavy atom. The summed E-state index contributed by atoms with van der Waals surface area (Å²) >= 11 is 0. The number of alkyl carbamates (subject to hydrolysis) is 1. The van der Waals surface area contributed by atoms with Crippen LogP contribution in [0.15, 0.2) is 113 Å². The summed E-state index contributed by atoms with van der Waals surface area (Å²) in [6.45, 7) is 7.19. The third-order valence-electron chi connectivity index (χ3n) is 12.4. The zero-order valence-corrected chi connectivity index (χ0v) is 34.7. The monoisotopic (exact) mass is 806 g/mol. The standard InChI is InChI=1S/C48H54N8O4/c1-4-54(5-2)44(37-11-7-6-8-12-37)47(58)55-25-9-13-42(55)39-28-38(30-50-39)35-17-15-33(16-18-35)34-19-21-36(22-20-34)41-31-51-45(52-41)43-14-10-26-56(43)46(57)40(53-48(59)60-3)27-32-23-24-49-29-32/h6-8,11-12,15-22,24,29-31,40,42-44H,4-5,9-10,13-14,23,25-28H2,1-3H3,(H,51,52)(H,53,59)/t40-,42-,43-,44+/m0/s1. The van der Waals surface area contributed by atoms with Gasteiger partial charge < -0.3 is 24.8 Å². The molecule has 0 bridgehead atoms. The normalized spacial score (nSPS) is 19.6. The number of aromatic nitrogens is 2. The maximum Gasteiger partial charge on any atom is 0.407 e. The van der Waals surface area contributed by atoms with Crippen molar-refractivity contribution in [2.24, 2.45) is 9.98 Å². The number of aliphatic imine (C=N–C) groups is 2. The number of amides is 3. The summed E-state index contributed by atoms with van der Waals surface area (Å²) < 4.78 is 4.83. The zero-order chi connectivity index (χ0) is 41.6. The maximum absolute atomic E-state index is 14.3. The Labute approximate surface area is 352 Å². The number of carbonyl (C=O) groups is 3. The number of ether oxygens (including phenoxy) is 1. The molecular formula is C48H54N8O4. The third-order valence-corrected chi connectivity index (χ3v) is 12.4. The minimum atomic E-state index is -0.751. The number of likely N-dealkylation sites (tertiary alicyclic amines) is 2. The van der Waals surface area contributed by atoms with Crippen molar-refractivity contribution < 1.29 is 19.1 Å². The van der Waals surface area contributed by atoms with Gasteiger partial charge in [-0.3, -0.25) is 24.5 Å². The summed E-state index contributed by atoms with van der Waals surface area (Å²) in [7, 11) is 1.30. The van der Waals surface area contributed by atoms with Gasteiger partial charge in [-0.2, -0.15) is 0 Å². The lowest BCUT2D eigenvalue weighted by atomic mass is 9.96. The highest BCUT2D eigenvalue weighted by Gasteiger charge is 2.39. The molecule has 4 atom stereocenters. The Morgan fingerprint density at radius 1 is 0.833 bits per heavy atom. The Morgan fingerprint density at radius 2 is 1.48 bits per heavy atom. The van der Waals surface area contributed by atoms with Gasteiger partial charge in [0, 0.05) is 50.3 Å². The summed E-state index contributed by atoms with van der Waals surface area (Å²) in [6.07, 6.45) is 12.0. The van der Waals surface area contributed by atoms with E-state index in [0.717, 1.165) is 102 Å². The fraction of sp³-hybridized carbons (Fsp3) is 0.375. The molecule has 12 heteroatoms. The second-order valence-corrected chi connectivity index (χ2v) is 15.9. The van der Waals surface area contributed by atoms with Crippen LogP contribution in [0, 0.1) is 0 Å². The molecule has 1 aromatic heterocycles. The van der Waals surface area contributed by atoms with E-state index < -0.39 is 12.1 Å². The average Bonchev–Trinajstić information content (AvgIpc) is 4.15. The summed E-state index contributed by atoms with van der Waals surface area (Å²) in [5.74, 6) is 0.743. The van der Waals surface area contributed by atoms with E-state index in [2.05, 4.69) is 99.6 Å². The minimum absolute atomic E-state index is 0.0132. The predicted molar refractivity (Wildman–Crippen MR) is 235 cm³/mol. The van der Waals surface area contributed by atoms with Gasteiger partial charge in [0.05, 0.1) is 31.1 Å². The Balaban J connectivity index is 0.894. The van der Waals surface area contributed by atoms with Crippen LogP contribution < -0.4 is 5.32 Å². The van der Waals surface area contributed by atoms with Gasteiger partial charge in [0.1, 0.15) is 17.9 Å². The van der Waals surface area contributed by atoms with Gasteiger partial charge in [0.15, 0.2) is 0 Å². The van der Waals surface area contributed by atoms with Crippen LogP contribution in [0.4, 0.5) is 4.79 Å². The van der Waals surface area contributed by atoms with E-state index in [4.69, 9.17) is 14.7 Å². The molecule has 0 radical (unpaired) electrons. The predicted octanol–water partition coefficient (Wildman–Crippen LogP) is 8.14. The lowest BCUT2D eigenvalue weighted by Gasteiger charge is -2.35. The Hall–Kier alpha value is -6.14. The van der Waals surface area contributed by atoms with Gasteiger partial charge in [-0.15, -0.1) is 0 Å². The fourth-order valence-corrected chi connectivity index (χ4v) is 9.16. The van der Waals surface area contributed by atoms with E-state index in [1.165, 1.54) is 12.7 Å². The number of aromatic amines is 1. The lowest BCUT2D eigenvalue weighted by Crippen LogP contribution is -2.48. The van der Waals surface area contributed by atoms with E-state index >= 15 is 0 Å². The van der Waals surface area contributed by atoms with Crippen molar-refractivity contribution in [1.82, 2.24) is 30.0 Å². The van der Waals surface area contributed by atoms with Crippen molar-refractivity contribution in [3.63, 3.8) is 0 Å². The number of H-pyrrole nitrogens is 1.